The maximum Gasteiger partial charge on any atom is 0.400 e. The third kappa shape index (κ3) is 6.68. The molecule has 0 amide bonds. The molecule has 34 heavy (non-hydrogen) atoms. The molecule has 0 saturated carbocycles. The van der Waals surface area contributed by atoms with Crippen LogP contribution in [0.25, 0.3) is 11.2 Å². The Morgan fingerprint density at radius 1 is 1.41 bits per heavy atom. The largest absolute Gasteiger partial charge is 0.481 e. The number of nitrogen functional groups attached to an aromatic ring is 1. The van der Waals surface area contributed by atoms with Crippen LogP contribution in [0, 0.1) is 5.92 Å². The predicted molar refractivity (Wildman–Crippen MR) is 117 cm³/mol. The highest BCUT2D eigenvalue weighted by Gasteiger charge is 2.41. The Labute approximate surface area is 194 Å². The fourth-order valence-electron chi connectivity index (χ4n) is 3.63. The molecule has 2 aromatic heterocycles. The predicted octanol–water partition coefficient (Wildman–Crippen LogP) is -0.274. The molecule has 6 N–H and O–H groups in total. The van der Waals surface area contributed by atoms with Crippen molar-refractivity contribution in [1.29, 1.82) is 0 Å². The van der Waals surface area contributed by atoms with Crippen LogP contribution in [-0.4, -0.2) is 85.3 Å². The number of nitrogens with zero attached hydrogens (tertiary/aromatic N) is 5. The van der Waals surface area contributed by atoms with Gasteiger partial charge in [-0.2, -0.15) is 0 Å². The number of hydrogen-bond donors (Lipinski definition) is 4. The number of ether oxygens (including phenoxy) is 2. The van der Waals surface area contributed by atoms with E-state index in [2.05, 4.69) is 15.0 Å². The van der Waals surface area contributed by atoms with Crippen molar-refractivity contribution in [3.8, 4) is 0 Å². The number of carbonyl (C=O) groups is 2. The molecule has 0 radical (unpaired) electrons. The van der Waals surface area contributed by atoms with Gasteiger partial charge in [0.1, 0.15) is 36.9 Å². The maximum absolute atomic E-state index is 12.5. The SMILES string of the molecule is CC(CN(C)CCC(=O)O)C(=O)OC[C@H]1O[C@@H](n2cnc3c(N)ncnc32)C[C@@H]1OP(N)(=O)O. The second-order valence-corrected chi connectivity index (χ2v) is 9.43. The van der Waals surface area contributed by atoms with Gasteiger partial charge in [0.2, 0.25) is 0 Å². The summed E-state index contributed by atoms with van der Waals surface area (Å²) < 4.78 is 29.7. The maximum atomic E-state index is 12.5. The molecule has 0 aliphatic carbocycles. The molecule has 0 aromatic carbocycles. The molecule has 1 fully saturated rings. The van der Waals surface area contributed by atoms with E-state index < -0.39 is 44.0 Å². The highest BCUT2D eigenvalue weighted by Crippen LogP contribution is 2.41. The van der Waals surface area contributed by atoms with Crippen LogP contribution in [0.4, 0.5) is 5.82 Å². The standard InChI is InChI=1S/C18H28N7O8P/c1-10(6-24(2)4-3-14(26)27)18(28)31-7-12-11(33-34(20,29)30)5-13(32-12)25-9-23-15-16(19)21-8-22-17(15)25/h8-13H,3-7H2,1-2H3,(H,26,27)(H2,19,21,22)(H3,20,29,30)/t10?,11-,12+,13+/m0/s1. The van der Waals surface area contributed by atoms with Gasteiger partial charge in [0.05, 0.1) is 18.7 Å². The van der Waals surface area contributed by atoms with E-state index in [1.165, 1.54) is 12.7 Å². The third-order valence-electron chi connectivity index (χ3n) is 5.25. The highest BCUT2D eigenvalue weighted by molar-refractivity contribution is 7.50. The van der Waals surface area contributed by atoms with Crippen molar-refractivity contribution in [2.24, 2.45) is 11.4 Å². The number of esters is 1. The summed E-state index contributed by atoms with van der Waals surface area (Å²) >= 11 is 0. The zero-order valence-electron chi connectivity index (χ0n) is 18.7. The number of imidazole rings is 1. The zero-order chi connectivity index (χ0) is 25.0. The number of hydrogen-bond acceptors (Lipinski definition) is 11. The summed E-state index contributed by atoms with van der Waals surface area (Å²) in [6.07, 6.45) is 0.215. The van der Waals surface area contributed by atoms with Crippen LogP contribution in [0.15, 0.2) is 12.7 Å². The second-order valence-electron chi connectivity index (χ2n) is 8.09. The Morgan fingerprint density at radius 3 is 2.82 bits per heavy atom. The lowest BCUT2D eigenvalue weighted by molar-refractivity contribution is -0.154. The first kappa shape index (κ1) is 25.9. The lowest BCUT2D eigenvalue weighted by Gasteiger charge is -2.22. The fraction of sp³-hybridized carbons (Fsp3) is 0.611. The Morgan fingerprint density at radius 2 is 2.15 bits per heavy atom. The molecule has 1 aliphatic heterocycles. The summed E-state index contributed by atoms with van der Waals surface area (Å²) in [5.41, 5.74) is 11.8. The molecular formula is C18H28N7O8P. The molecule has 3 rings (SSSR count). The van der Waals surface area contributed by atoms with Crippen LogP contribution in [0.2, 0.25) is 0 Å². The van der Waals surface area contributed by atoms with E-state index in [-0.39, 0.29) is 38.4 Å². The molecule has 3 heterocycles. The van der Waals surface area contributed by atoms with Gasteiger partial charge in [0.15, 0.2) is 11.5 Å². The van der Waals surface area contributed by atoms with Gasteiger partial charge in [-0.25, -0.2) is 25.0 Å². The normalized spacial score (nSPS) is 23.1. The Bertz CT molecular complexity index is 1080. The first-order valence-corrected chi connectivity index (χ1v) is 12.0. The number of anilines is 1. The van der Waals surface area contributed by atoms with Crippen LogP contribution in [-0.2, 0) is 28.2 Å². The van der Waals surface area contributed by atoms with E-state index >= 15 is 0 Å². The monoisotopic (exact) mass is 501 g/mol. The number of carbonyl (C=O) groups excluding carboxylic acids is 1. The van der Waals surface area contributed by atoms with E-state index in [4.69, 9.17) is 30.3 Å². The minimum atomic E-state index is -4.36. The average Bonchev–Trinajstić information content (AvgIpc) is 3.34. The van der Waals surface area contributed by atoms with Crippen molar-refractivity contribution >= 4 is 36.7 Å². The summed E-state index contributed by atoms with van der Waals surface area (Å²) in [7, 11) is -2.66. The molecule has 2 unspecified atom stereocenters. The minimum Gasteiger partial charge on any atom is -0.481 e. The molecule has 15 nitrogen and oxygen atoms in total. The lowest BCUT2D eigenvalue weighted by atomic mass is 10.1. The zero-order valence-corrected chi connectivity index (χ0v) is 19.6. The Hall–Kier alpha value is -2.68. The Kier molecular flexibility index (Phi) is 8.17. The van der Waals surface area contributed by atoms with E-state index in [9.17, 15) is 19.0 Å². The van der Waals surface area contributed by atoms with Gasteiger partial charge in [-0.1, -0.05) is 6.92 Å². The van der Waals surface area contributed by atoms with Crippen molar-refractivity contribution in [3.05, 3.63) is 12.7 Å². The van der Waals surface area contributed by atoms with Crippen molar-refractivity contribution in [3.63, 3.8) is 0 Å². The molecule has 5 atom stereocenters. The molecule has 16 heteroatoms. The van der Waals surface area contributed by atoms with Crippen molar-refractivity contribution in [2.75, 3.05) is 32.5 Å². The van der Waals surface area contributed by atoms with E-state index in [0.29, 0.717) is 11.2 Å². The van der Waals surface area contributed by atoms with Crippen molar-refractivity contribution in [2.45, 2.75) is 38.2 Å². The van der Waals surface area contributed by atoms with Gasteiger partial charge in [-0.15, -0.1) is 0 Å². The quantitative estimate of drug-likeness (QED) is 0.230. The second kappa shape index (κ2) is 10.7. The van der Waals surface area contributed by atoms with Gasteiger partial charge in [-0.3, -0.25) is 18.7 Å². The van der Waals surface area contributed by atoms with Crippen molar-refractivity contribution in [1.82, 2.24) is 24.4 Å². The fourth-order valence-corrected chi connectivity index (χ4v) is 4.24. The average molecular weight is 501 g/mol. The van der Waals surface area contributed by atoms with Gasteiger partial charge in [0.25, 0.3) is 0 Å². The van der Waals surface area contributed by atoms with E-state index in [1.807, 2.05) is 0 Å². The summed E-state index contributed by atoms with van der Waals surface area (Å²) in [5.74, 6) is -1.83. The van der Waals surface area contributed by atoms with Crippen LogP contribution in [0.3, 0.4) is 0 Å². The van der Waals surface area contributed by atoms with Crippen molar-refractivity contribution < 1.29 is 38.2 Å². The number of fused-ring (bicyclic) bond motifs is 1. The third-order valence-corrected chi connectivity index (χ3v) is 5.82. The lowest BCUT2D eigenvalue weighted by Crippen LogP contribution is -2.34. The van der Waals surface area contributed by atoms with Gasteiger partial charge in [-0.05, 0) is 7.05 Å². The first-order valence-electron chi connectivity index (χ1n) is 10.4. The van der Waals surface area contributed by atoms with Crippen LogP contribution < -0.4 is 11.2 Å². The molecule has 0 bridgehead atoms. The summed E-state index contributed by atoms with van der Waals surface area (Å²) in [6.45, 7) is 1.96. The highest BCUT2D eigenvalue weighted by atomic mass is 31.2. The molecule has 2 aromatic rings. The molecule has 1 saturated heterocycles. The van der Waals surface area contributed by atoms with Crippen LogP contribution in [0.1, 0.15) is 26.0 Å². The van der Waals surface area contributed by atoms with Gasteiger partial charge >= 0.3 is 19.7 Å². The molecule has 188 valence electrons. The smallest absolute Gasteiger partial charge is 0.400 e. The molecular weight excluding hydrogens is 473 g/mol. The number of carboxylic acids is 1. The summed E-state index contributed by atoms with van der Waals surface area (Å²) in [5, 5.41) is 8.77. The van der Waals surface area contributed by atoms with Crippen LogP contribution >= 0.6 is 7.75 Å². The van der Waals surface area contributed by atoms with Crippen LogP contribution in [0.5, 0.6) is 0 Å². The number of carboxylic acid groups (broad SMARTS) is 1. The summed E-state index contributed by atoms with van der Waals surface area (Å²) in [4.78, 5) is 46.6. The van der Waals surface area contributed by atoms with Gasteiger partial charge < -0.3 is 30.1 Å². The number of aromatic nitrogens is 4. The summed E-state index contributed by atoms with van der Waals surface area (Å²) in [6, 6.07) is 0. The number of rotatable bonds is 11. The molecule has 0 spiro atoms. The number of nitrogens with two attached hydrogens (primary N) is 2. The number of aliphatic carboxylic acids is 1. The topological polar surface area (TPSA) is 218 Å². The first-order chi connectivity index (χ1) is 15.9. The van der Waals surface area contributed by atoms with E-state index in [1.54, 1.807) is 23.4 Å². The van der Waals surface area contributed by atoms with Gasteiger partial charge in [0, 0.05) is 19.5 Å². The molecule has 1 aliphatic rings. The minimum absolute atomic E-state index is 0.0472. The van der Waals surface area contributed by atoms with E-state index in [0.717, 1.165) is 0 Å². The Balaban J connectivity index is 1.65.